The summed E-state index contributed by atoms with van der Waals surface area (Å²) in [6.45, 7) is 1.33. The van der Waals surface area contributed by atoms with Crippen LogP contribution in [0.4, 0.5) is 17.6 Å². The van der Waals surface area contributed by atoms with Gasteiger partial charge in [0.25, 0.3) is 0 Å². The maximum Gasteiger partial charge on any atom is 0.416 e. The Balaban J connectivity index is 1.23. The highest BCUT2D eigenvalue weighted by atomic mass is 19.4. The van der Waals surface area contributed by atoms with Gasteiger partial charge in [0.05, 0.1) is 23.7 Å². The van der Waals surface area contributed by atoms with E-state index in [1.54, 1.807) is 17.3 Å². The summed E-state index contributed by atoms with van der Waals surface area (Å²) < 4.78 is 58.7. The Labute approximate surface area is 206 Å². The molecular formula is C25H29F4N5O2. The van der Waals surface area contributed by atoms with Gasteiger partial charge >= 0.3 is 6.18 Å². The summed E-state index contributed by atoms with van der Waals surface area (Å²) in [6.07, 6.45) is 1.82. The van der Waals surface area contributed by atoms with Crippen LogP contribution in [0.3, 0.4) is 0 Å². The maximum atomic E-state index is 13.4. The summed E-state index contributed by atoms with van der Waals surface area (Å²) in [5.74, 6) is 0.653. The molecule has 3 heterocycles. The first-order chi connectivity index (χ1) is 17.3. The van der Waals surface area contributed by atoms with Crippen LogP contribution in [0.25, 0.3) is 0 Å². The lowest BCUT2D eigenvalue weighted by Gasteiger charge is -2.38. The fraction of sp³-hybridized carbons (Fsp3) is 0.560. The minimum absolute atomic E-state index is 0.0646. The molecule has 1 aliphatic carbocycles. The van der Waals surface area contributed by atoms with Crippen LogP contribution >= 0.6 is 0 Å². The van der Waals surface area contributed by atoms with Crippen molar-refractivity contribution < 1.29 is 27.1 Å². The van der Waals surface area contributed by atoms with Crippen LogP contribution in [0.2, 0.25) is 0 Å². The van der Waals surface area contributed by atoms with Gasteiger partial charge in [0, 0.05) is 51.1 Å². The number of carbonyl (C=O) groups excluding carboxylic acids is 1. The number of hydrogen-bond acceptors (Lipinski definition) is 6. The number of nitrogens with one attached hydrogen (secondary N) is 1. The van der Waals surface area contributed by atoms with Gasteiger partial charge in [0.1, 0.15) is 18.8 Å². The predicted octanol–water partition coefficient (Wildman–Crippen LogP) is 3.34. The lowest BCUT2D eigenvalue weighted by atomic mass is 10.0. The van der Waals surface area contributed by atoms with Crippen molar-refractivity contribution in [2.75, 3.05) is 39.4 Å². The minimum atomic E-state index is -4.53. The van der Waals surface area contributed by atoms with E-state index in [-0.39, 0.29) is 30.2 Å². The average molecular weight is 508 g/mol. The number of fused-ring (bicyclic) bond motifs is 1. The molecule has 2 saturated heterocycles. The molecule has 1 N–H and O–H groups in total. The van der Waals surface area contributed by atoms with E-state index in [0.717, 1.165) is 30.7 Å². The van der Waals surface area contributed by atoms with E-state index in [4.69, 9.17) is 4.74 Å². The Morgan fingerprint density at radius 1 is 1.17 bits per heavy atom. The normalized spacial score (nSPS) is 23.4. The first kappa shape index (κ1) is 24.9. The number of amides is 1. The number of hydrogen-bond donors (Lipinski definition) is 1. The van der Waals surface area contributed by atoms with Gasteiger partial charge in [-0.25, -0.2) is 9.37 Å². The van der Waals surface area contributed by atoms with Crippen LogP contribution in [0.15, 0.2) is 36.7 Å². The van der Waals surface area contributed by atoms with Crippen LogP contribution in [0, 0.1) is 0 Å². The van der Waals surface area contributed by atoms with Gasteiger partial charge in [-0.05, 0) is 30.5 Å². The summed E-state index contributed by atoms with van der Waals surface area (Å²) in [7, 11) is 0. The first-order valence-electron chi connectivity index (χ1n) is 12.3. The number of alkyl halides is 4. The summed E-state index contributed by atoms with van der Waals surface area (Å²) in [5, 5.41) is 2.79. The van der Waals surface area contributed by atoms with E-state index in [0.29, 0.717) is 44.4 Å². The molecule has 1 saturated carbocycles. The van der Waals surface area contributed by atoms with Crippen molar-refractivity contribution in [2.24, 2.45) is 0 Å². The number of piperazine rings is 1. The third kappa shape index (κ3) is 5.62. The van der Waals surface area contributed by atoms with Crippen molar-refractivity contribution in [1.29, 1.82) is 0 Å². The number of carbonyl (C=O) groups is 1. The van der Waals surface area contributed by atoms with Crippen LogP contribution in [-0.2, 0) is 11.0 Å². The predicted molar refractivity (Wildman–Crippen MR) is 123 cm³/mol. The molecule has 0 bridgehead atoms. The van der Waals surface area contributed by atoms with Crippen molar-refractivity contribution in [3.63, 3.8) is 0 Å². The summed E-state index contributed by atoms with van der Waals surface area (Å²) in [4.78, 5) is 26.2. The van der Waals surface area contributed by atoms with Crippen LogP contribution in [0.1, 0.15) is 48.0 Å². The molecule has 36 heavy (non-hydrogen) atoms. The van der Waals surface area contributed by atoms with Crippen molar-refractivity contribution in [1.82, 2.24) is 25.1 Å². The monoisotopic (exact) mass is 507 g/mol. The third-order valence-corrected chi connectivity index (χ3v) is 7.06. The molecular weight excluding hydrogens is 478 g/mol. The van der Waals surface area contributed by atoms with Gasteiger partial charge in [0.15, 0.2) is 0 Å². The van der Waals surface area contributed by atoms with Gasteiger partial charge in [-0.15, -0.1) is 0 Å². The Hall–Kier alpha value is -2.79. The molecule has 7 nitrogen and oxygen atoms in total. The minimum Gasteiger partial charge on any atom is -0.472 e. The Bertz CT molecular complexity index is 1060. The third-order valence-electron chi connectivity index (χ3n) is 7.06. The molecule has 0 radical (unpaired) electrons. The van der Waals surface area contributed by atoms with Crippen LogP contribution < -0.4 is 10.1 Å². The molecule has 1 amide bonds. The Kier molecular flexibility index (Phi) is 7.11. The van der Waals surface area contributed by atoms with Crippen LogP contribution in [-0.4, -0.2) is 77.2 Å². The standard InChI is InChI=1S/C25H29F4N5O2/c26-6-7-30-23(17-2-1-3-18(10-17)25(27,28)29)24(35)34-9-8-33-15-20(11-19(33)14-34)36-22-13-31-21(12-32-22)16-4-5-16/h1-3,10,12-13,16,19-20,23,30H,4-9,11,14-15H2/t19-,20+,23?/m0/s1. The molecule has 3 atom stereocenters. The van der Waals surface area contributed by atoms with Gasteiger partial charge in [-0.3, -0.25) is 20.0 Å². The first-order valence-corrected chi connectivity index (χ1v) is 12.3. The van der Waals surface area contributed by atoms with Gasteiger partial charge in [0.2, 0.25) is 11.8 Å². The zero-order valence-electron chi connectivity index (χ0n) is 19.8. The molecule has 1 aromatic carbocycles. The zero-order valence-corrected chi connectivity index (χ0v) is 19.8. The molecule has 194 valence electrons. The average Bonchev–Trinajstić information content (AvgIpc) is 3.64. The number of aromatic nitrogens is 2. The summed E-state index contributed by atoms with van der Waals surface area (Å²) in [6, 6.07) is 3.67. The van der Waals surface area contributed by atoms with E-state index in [2.05, 4.69) is 20.2 Å². The van der Waals surface area contributed by atoms with Crippen LogP contribution in [0.5, 0.6) is 5.88 Å². The molecule has 5 rings (SSSR count). The van der Waals surface area contributed by atoms with Crippen molar-refractivity contribution >= 4 is 5.91 Å². The smallest absolute Gasteiger partial charge is 0.416 e. The molecule has 3 fully saturated rings. The van der Waals surface area contributed by atoms with Crippen molar-refractivity contribution in [3.05, 3.63) is 53.5 Å². The summed E-state index contributed by atoms with van der Waals surface area (Å²) >= 11 is 0. The molecule has 11 heteroatoms. The number of nitrogens with zero attached hydrogens (tertiary/aromatic N) is 4. The van der Waals surface area contributed by atoms with E-state index in [1.165, 1.54) is 12.1 Å². The highest BCUT2D eigenvalue weighted by molar-refractivity contribution is 5.83. The van der Waals surface area contributed by atoms with E-state index in [1.807, 2.05) is 0 Å². The highest BCUT2D eigenvalue weighted by Crippen LogP contribution is 2.38. The molecule has 1 aromatic heterocycles. The lowest BCUT2D eigenvalue weighted by Crippen LogP contribution is -2.54. The van der Waals surface area contributed by atoms with E-state index >= 15 is 0 Å². The molecule has 0 spiro atoms. The number of ether oxygens (including phenoxy) is 1. The largest absolute Gasteiger partial charge is 0.472 e. The van der Waals surface area contributed by atoms with Gasteiger partial charge in [-0.2, -0.15) is 13.2 Å². The second-order valence-corrected chi connectivity index (χ2v) is 9.66. The van der Waals surface area contributed by atoms with Gasteiger partial charge in [-0.1, -0.05) is 12.1 Å². The molecule has 1 unspecified atom stereocenters. The molecule has 2 aromatic rings. The van der Waals surface area contributed by atoms with E-state index < -0.39 is 24.5 Å². The summed E-state index contributed by atoms with van der Waals surface area (Å²) in [5.41, 5.74) is 0.331. The second kappa shape index (κ2) is 10.3. The molecule has 2 aliphatic heterocycles. The van der Waals surface area contributed by atoms with Crippen molar-refractivity contribution in [2.45, 2.75) is 49.5 Å². The number of rotatable bonds is 8. The number of halogens is 4. The maximum absolute atomic E-state index is 13.4. The quantitative estimate of drug-likeness (QED) is 0.553. The van der Waals surface area contributed by atoms with Crippen molar-refractivity contribution in [3.8, 4) is 5.88 Å². The van der Waals surface area contributed by atoms with E-state index in [9.17, 15) is 22.4 Å². The highest BCUT2D eigenvalue weighted by Gasteiger charge is 2.40. The Morgan fingerprint density at radius 2 is 2.00 bits per heavy atom. The second-order valence-electron chi connectivity index (χ2n) is 9.66. The zero-order chi connectivity index (χ0) is 25.3. The fourth-order valence-electron chi connectivity index (χ4n) is 5.05. The van der Waals surface area contributed by atoms with Gasteiger partial charge < -0.3 is 9.64 Å². The fourth-order valence-corrected chi connectivity index (χ4v) is 5.05. The molecule has 3 aliphatic rings. The number of benzene rings is 1. The Morgan fingerprint density at radius 3 is 2.69 bits per heavy atom. The SMILES string of the molecule is O=C(C(NCCF)c1cccc(C(F)(F)F)c1)N1CCN2C[C@H](Oc3cnc(C4CC4)cn3)C[C@H]2C1. The lowest BCUT2D eigenvalue weighted by molar-refractivity contribution is -0.138. The topological polar surface area (TPSA) is 70.6 Å².